The first kappa shape index (κ1) is 20.2. The third-order valence-electron chi connectivity index (χ3n) is 4.64. The van der Waals surface area contributed by atoms with Crippen LogP contribution in [0.3, 0.4) is 0 Å². The summed E-state index contributed by atoms with van der Waals surface area (Å²) in [5.41, 5.74) is 2.85. The Morgan fingerprint density at radius 1 is 1.10 bits per heavy atom. The maximum absolute atomic E-state index is 11.7. The van der Waals surface area contributed by atoms with Gasteiger partial charge >= 0.3 is 0 Å². The van der Waals surface area contributed by atoms with Gasteiger partial charge in [-0.2, -0.15) is 0 Å². The molecule has 1 N–H and O–H groups in total. The van der Waals surface area contributed by atoms with Crippen LogP contribution in [0, 0.1) is 0 Å². The Labute approximate surface area is 179 Å². The third kappa shape index (κ3) is 4.42. The highest BCUT2D eigenvalue weighted by atomic mass is 16.5. The predicted molar refractivity (Wildman–Crippen MR) is 118 cm³/mol. The molecule has 0 amide bonds. The lowest BCUT2D eigenvalue weighted by Crippen LogP contribution is -2.19. The van der Waals surface area contributed by atoms with E-state index < -0.39 is 5.90 Å². The monoisotopic (exact) mass is 416 g/mol. The number of ether oxygens (including phenoxy) is 2. The maximum Gasteiger partial charge on any atom is 0.208 e. The van der Waals surface area contributed by atoms with Crippen molar-refractivity contribution >= 4 is 28.6 Å². The number of imidazole rings is 1. The Kier molecular flexibility index (Phi) is 5.70. The summed E-state index contributed by atoms with van der Waals surface area (Å²) in [6, 6.07) is 16.6. The second-order valence-electron chi connectivity index (χ2n) is 6.74. The minimum absolute atomic E-state index is 0.236. The van der Waals surface area contributed by atoms with Crippen LogP contribution in [-0.2, 0) is 7.05 Å². The summed E-state index contributed by atoms with van der Waals surface area (Å²) in [6.07, 6.45) is 1.52. The number of nitrogens with zero attached hydrogens (tertiary/aromatic N) is 4. The van der Waals surface area contributed by atoms with Crippen LogP contribution < -0.4 is 19.9 Å². The molecular formula is C23H22N5O3-. The molecule has 0 atom stereocenters. The first-order chi connectivity index (χ1) is 15.1. The molecule has 8 heteroatoms. The summed E-state index contributed by atoms with van der Waals surface area (Å²) < 4.78 is 13.4. The Bertz CT molecular complexity index is 1250. The molecule has 0 unspecified atom stereocenters. The number of anilines is 2. The molecule has 158 valence electrons. The van der Waals surface area contributed by atoms with E-state index in [9.17, 15) is 5.11 Å². The lowest BCUT2D eigenvalue weighted by molar-refractivity contribution is -0.213. The molecule has 0 radical (unpaired) electrons. The van der Waals surface area contributed by atoms with Crippen LogP contribution in [-0.4, -0.2) is 34.1 Å². The normalized spacial score (nSPS) is 11.5. The molecule has 4 rings (SSSR count). The van der Waals surface area contributed by atoms with Gasteiger partial charge in [-0.3, -0.25) is 4.98 Å². The van der Waals surface area contributed by atoms with E-state index >= 15 is 0 Å². The largest absolute Gasteiger partial charge is 0.857 e. The van der Waals surface area contributed by atoms with Gasteiger partial charge in [0.15, 0.2) is 0 Å². The number of aromatic nitrogens is 3. The van der Waals surface area contributed by atoms with E-state index in [0.29, 0.717) is 24.1 Å². The van der Waals surface area contributed by atoms with Crippen molar-refractivity contribution in [1.82, 2.24) is 14.5 Å². The van der Waals surface area contributed by atoms with Crippen molar-refractivity contribution in [3.8, 4) is 17.2 Å². The van der Waals surface area contributed by atoms with Crippen molar-refractivity contribution in [2.45, 2.75) is 6.92 Å². The van der Waals surface area contributed by atoms with Crippen LogP contribution >= 0.6 is 0 Å². The van der Waals surface area contributed by atoms with Gasteiger partial charge in [-0.25, -0.2) is 4.98 Å². The van der Waals surface area contributed by atoms with E-state index in [-0.39, 0.29) is 5.69 Å². The molecule has 2 aromatic carbocycles. The van der Waals surface area contributed by atoms with E-state index in [4.69, 9.17) is 14.5 Å². The zero-order valence-electron chi connectivity index (χ0n) is 17.5. The molecule has 0 aliphatic rings. The number of nitrogens with one attached hydrogen (secondary N) is 1. The Hall–Kier alpha value is -4.07. The van der Waals surface area contributed by atoms with Crippen molar-refractivity contribution in [3.05, 3.63) is 66.5 Å². The van der Waals surface area contributed by atoms with E-state index in [2.05, 4.69) is 15.3 Å². The van der Waals surface area contributed by atoms with Crippen LogP contribution in [0.4, 0.5) is 11.6 Å². The van der Waals surface area contributed by atoms with Crippen LogP contribution in [0.2, 0.25) is 0 Å². The van der Waals surface area contributed by atoms with E-state index in [0.717, 1.165) is 22.5 Å². The molecule has 0 aliphatic carbocycles. The van der Waals surface area contributed by atoms with Crippen molar-refractivity contribution in [2.75, 3.05) is 19.0 Å². The molecule has 0 aliphatic heterocycles. The highest BCUT2D eigenvalue weighted by molar-refractivity contribution is 5.88. The summed E-state index contributed by atoms with van der Waals surface area (Å²) in [6.45, 7) is 2.56. The maximum atomic E-state index is 11.7. The van der Waals surface area contributed by atoms with E-state index in [1.54, 1.807) is 12.1 Å². The zero-order chi connectivity index (χ0) is 21.8. The first-order valence-corrected chi connectivity index (χ1v) is 9.82. The average molecular weight is 416 g/mol. The fraction of sp³-hybridized carbons (Fsp3) is 0.174. The predicted octanol–water partition coefficient (Wildman–Crippen LogP) is 3.64. The number of benzene rings is 2. The van der Waals surface area contributed by atoms with Gasteiger partial charge in [0.1, 0.15) is 17.2 Å². The Morgan fingerprint density at radius 2 is 1.94 bits per heavy atom. The highest BCUT2D eigenvalue weighted by Crippen LogP contribution is 2.28. The summed E-state index contributed by atoms with van der Waals surface area (Å²) in [5.74, 6) is 2.21. The van der Waals surface area contributed by atoms with Gasteiger partial charge in [-0.05, 0) is 37.3 Å². The molecule has 0 bridgehead atoms. The van der Waals surface area contributed by atoms with Crippen LogP contribution in [0.1, 0.15) is 12.6 Å². The number of hydrogen-bond donors (Lipinski definition) is 1. The number of fused-ring (bicyclic) bond motifs is 1. The fourth-order valence-corrected chi connectivity index (χ4v) is 3.16. The number of hydrogen-bond acceptors (Lipinski definition) is 7. The zero-order valence-corrected chi connectivity index (χ0v) is 17.5. The van der Waals surface area contributed by atoms with E-state index in [1.807, 2.05) is 61.0 Å². The molecular weight excluding hydrogens is 394 g/mol. The molecule has 2 aromatic heterocycles. The first-order valence-electron chi connectivity index (χ1n) is 9.82. The van der Waals surface area contributed by atoms with Crippen molar-refractivity contribution in [3.63, 3.8) is 0 Å². The molecule has 31 heavy (non-hydrogen) atoms. The van der Waals surface area contributed by atoms with Gasteiger partial charge in [0.25, 0.3) is 0 Å². The highest BCUT2D eigenvalue weighted by Gasteiger charge is 2.10. The van der Waals surface area contributed by atoms with Gasteiger partial charge in [-0.1, -0.05) is 6.07 Å². The molecule has 2 heterocycles. The van der Waals surface area contributed by atoms with Crippen LogP contribution in [0.5, 0.6) is 17.2 Å². The fourth-order valence-electron chi connectivity index (χ4n) is 3.16. The van der Waals surface area contributed by atoms with Crippen LogP contribution in [0.15, 0.2) is 65.8 Å². The summed E-state index contributed by atoms with van der Waals surface area (Å²) in [7, 11) is 3.38. The number of pyridine rings is 1. The standard InChI is InChI=1S/C23H23N5O3/c1-4-30-16-7-5-6-15(12-16)26-23-27-19-13-17(8-9-21(19)28(23)3)31-18-10-11-25-20(14-18)22(29)24-2/h5-14H,4H2,1-3H3,(H,24,29)(H,26,27)/p-1. The van der Waals surface area contributed by atoms with Crippen molar-refractivity contribution in [2.24, 2.45) is 12.0 Å². The summed E-state index contributed by atoms with van der Waals surface area (Å²) >= 11 is 0. The topological polar surface area (TPSA) is 96.6 Å². The van der Waals surface area contributed by atoms with Crippen molar-refractivity contribution < 1.29 is 14.6 Å². The van der Waals surface area contributed by atoms with Crippen LogP contribution in [0.25, 0.3) is 11.0 Å². The Morgan fingerprint density at radius 3 is 2.74 bits per heavy atom. The van der Waals surface area contributed by atoms with Gasteiger partial charge in [0.05, 0.1) is 23.3 Å². The number of aryl methyl sites for hydroxylation is 1. The van der Waals surface area contributed by atoms with E-state index in [1.165, 1.54) is 13.2 Å². The van der Waals surface area contributed by atoms with Crippen molar-refractivity contribution in [1.29, 1.82) is 0 Å². The lowest BCUT2D eigenvalue weighted by Gasteiger charge is -2.11. The second kappa shape index (κ2) is 8.74. The number of aliphatic imine (C=N–C) groups is 1. The second-order valence-corrected chi connectivity index (χ2v) is 6.74. The van der Waals surface area contributed by atoms with Gasteiger partial charge < -0.3 is 29.5 Å². The molecule has 8 nitrogen and oxygen atoms in total. The van der Waals surface area contributed by atoms with Gasteiger partial charge in [0, 0.05) is 50.1 Å². The van der Waals surface area contributed by atoms with Gasteiger partial charge in [-0.15, -0.1) is 0 Å². The molecule has 0 fully saturated rings. The molecule has 0 saturated heterocycles. The minimum atomic E-state index is -0.394. The quantitative estimate of drug-likeness (QED) is 0.365. The van der Waals surface area contributed by atoms with Gasteiger partial charge in [0.2, 0.25) is 5.95 Å². The molecule has 4 aromatic rings. The smallest absolute Gasteiger partial charge is 0.208 e. The summed E-state index contributed by atoms with van der Waals surface area (Å²) in [4.78, 5) is 12.3. The lowest BCUT2D eigenvalue weighted by atomic mass is 10.3. The summed E-state index contributed by atoms with van der Waals surface area (Å²) in [5, 5.41) is 15.1. The Balaban J connectivity index is 1.58. The molecule has 0 spiro atoms. The number of rotatable bonds is 7. The minimum Gasteiger partial charge on any atom is -0.857 e. The third-order valence-corrected chi connectivity index (χ3v) is 4.64. The SMILES string of the molecule is CCOc1cccc(Nc2nc3cc(Oc4ccnc(C([O-])=NC)c4)ccc3n2C)c1. The molecule has 0 saturated carbocycles. The average Bonchev–Trinajstić information content (AvgIpc) is 3.08.